The Bertz CT molecular complexity index is 364. The molecule has 1 aliphatic heterocycles. The minimum atomic E-state index is 0.637. The van der Waals surface area contributed by atoms with E-state index < -0.39 is 0 Å². The Morgan fingerprint density at radius 2 is 2.12 bits per heavy atom. The number of pyridine rings is 1. The Morgan fingerprint density at radius 3 is 2.75 bits per heavy atom. The molecule has 1 saturated heterocycles. The first-order valence-corrected chi connectivity index (χ1v) is 5.73. The molecule has 0 spiro atoms. The fraction of sp³-hybridized carbons (Fsp3) is 0.455. The molecule has 1 N–H and O–H groups in total. The first-order valence-electron chi connectivity index (χ1n) is 5.35. The average Bonchev–Trinajstić information content (AvgIpc) is 2.30. The predicted octanol–water partition coefficient (Wildman–Crippen LogP) is 2.23. The summed E-state index contributed by atoms with van der Waals surface area (Å²) in [7, 11) is 2.13. The van der Waals surface area contributed by atoms with Gasteiger partial charge in [-0.1, -0.05) is 11.6 Å². The van der Waals surface area contributed by atoms with Crippen LogP contribution in [-0.4, -0.2) is 35.7 Å². The van der Waals surface area contributed by atoms with Crippen LogP contribution in [0.3, 0.4) is 0 Å². The Labute approximate surface area is 100 Å². The molecule has 86 valence electrons. The Kier molecular flexibility index (Phi) is 3.74. The highest BCUT2D eigenvalue weighted by Gasteiger charge is 2.10. The maximum absolute atomic E-state index is 5.74. The van der Waals surface area contributed by atoms with Crippen LogP contribution in [0.5, 0.6) is 0 Å². The van der Waals surface area contributed by atoms with E-state index in [1.807, 2.05) is 6.07 Å². The van der Waals surface area contributed by atoms with Crippen LogP contribution in [0, 0.1) is 0 Å². The normalized spacial score (nSPS) is 17.2. The van der Waals surface area contributed by atoms with Crippen molar-refractivity contribution < 1.29 is 0 Å². The van der Waals surface area contributed by atoms with Crippen molar-refractivity contribution in [3.8, 4) is 0 Å². The molecule has 0 atom stereocenters. The van der Waals surface area contributed by atoms with E-state index in [2.05, 4.69) is 27.5 Å². The number of aromatic nitrogens is 1. The van der Waals surface area contributed by atoms with Gasteiger partial charge < -0.3 is 4.90 Å². The van der Waals surface area contributed by atoms with E-state index in [1.54, 1.807) is 12.3 Å². The fourth-order valence-corrected chi connectivity index (χ4v) is 1.68. The maximum Gasteiger partial charge on any atom is 0.146 e. The zero-order valence-electron chi connectivity index (χ0n) is 9.28. The molecule has 0 aromatic carbocycles. The summed E-state index contributed by atoms with van der Waals surface area (Å²) in [6.07, 6.45) is 3.66. The van der Waals surface area contributed by atoms with Crippen molar-refractivity contribution in [1.82, 2.24) is 9.88 Å². The summed E-state index contributed by atoms with van der Waals surface area (Å²) < 4.78 is 0. The molecule has 2 rings (SSSR count). The smallest absolute Gasteiger partial charge is 0.146 e. The highest BCUT2D eigenvalue weighted by Crippen LogP contribution is 2.10. The van der Waals surface area contributed by atoms with Crippen molar-refractivity contribution in [3.63, 3.8) is 0 Å². The standard InChI is InChI=1S/C11H15ClN4/c1-16-6-4-10(5-7-16)14-15-11-3-2-9(12)8-13-11/h2-3,8H,4-7H2,1H3,(H,13,15). The van der Waals surface area contributed by atoms with E-state index in [0.29, 0.717) is 5.02 Å². The fourth-order valence-electron chi connectivity index (χ4n) is 1.57. The van der Waals surface area contributed by atoms with Gasteiger partial charge >= 0.3 is 0 Å². The van der Waals surface area contributed by atoms with Crippen molar-refractivity contribution in [2.45, 2.75) is 12.8 Å². The van der Waals surface area contributed by atoms with E-state index >= 15 is 0 Å². The van der Waals surface area contributed by atoms with E-state index in [-0.39, 0.29) is 0 Å². The van der Waals surface area contributed by atoms with Gasteiger partial charge in [-0.3, -0.25) is 5.43 Å². The van der Waals surface area contributed by atoms with Gasteiger partial charge in [-0.25, -0.2) is 4.98 Å². The van der Waals surface area contributed by atoms with Crippen molar-refractivity contribution in [1.29, 1.82) is 0 Å². The summed E-state index contributed by atoms with van der Waals surface area (Å²) in [5.41, 5.74) is 4.16. The van der Waals surface area contributed by atoms with Gasteiger partial charge in [0.2, 0.25) is 0 Å². The number of hydrogen-bond donors (Lipinski definition) is 1. The SMILES string of the molecule is CN1CCC(=NNc2ccc(Cl)cn2)CC1. The minimum absolute atomic E-state index is 0.637. The Morgan fingerprint density at radius 1 is 1.38 bits per heavy atom. The van der Waals surface area contributed by atoms with Gasteiger partial charge in [-0.15, -0.1) is 0 Å². The third-order valence-electron chi connectivity index (χ3n) is 2.62. The molecular formula is C11H15ClN4. The quantitative estimate of drug-likeness (QED) is 0.804. The Hall–Kier alpha value is -1.13. The molecule has 0 aliphatic carbocycles. The molecule has 0 bridgehead atoms. The van der Waals surface area contributed by atoms with Gasteiger partial charge in [-0.05, 0) is 19.2 Å². The molecule has 5 heteroatoms. The van der Waals surface area contributed by atoms with Gasteiger partial charge in [0.25, 0.3) is 0 Å². The second-order valence-electron chi connectivity index (χ2n) is 3.95. The minimum Gasteiger partial charge on any atom is -0.306 e. The predicted molar refractivity (Wildman–Crippen MR) is 67.0 cm³/mol. The number of hydrogen-bond acceptors (Lipinski definition) is 4. The maximum atomic E-state index is 5.74. The number of hydrazone groups is 1. The number of rotatable bonds is 2. The summed E-state index contributed by atoms with van der Waals surface area (Å²) >= 11 is 5.74. The van der Waals surface area contributed by atoms with Crippen LogP contribution in [0.1, 0.15) is 12.8 Å². The van der Waals surface area contributed by atoms with Crippen LogP contribution < -0.4 is 5.43 Å². The lowest BCUT2D eigenvalue weighted by molar-refractivity contribution is 0.336. The van der Waals surface area contributed by atoms with Gasteiger partial charge in [0.1, 0.15) is 5.82 Å². The molecule has 1 aromatic rings. The topological polar surface area (TPSA) is 40.5 Å². The summed E-state index contributed by atoms with van der Waals surface area (Å²) in [5.74, 6) is 0.732. The number of nitrogens with one attached hydrogen (secondary N) is 1. The van der Waals surface area contributed by atoms with Crippen molar-refractivity contribution in [2.75, 3.05) is 25.6 Å². The van der Waals surface area contributed by atoms with E-state index in [4.69, 9.17) is 11.6 Å². The summed E-state index contributed by atoms with van der Waals surface area (Å²) in [4.78, 5) is 6.42. The molecule has 0 saturated carbocycles. The van der Waals surface area contributed by atoms with Crippen LogP contribution in [0.4, 0.5) is 5.82 Å². The van der Waals surface area contributed by atoms with E-state index in [0.717, 1.165) is 31.7 Å². The summed E-state index contributed by atoms with van der Waals surface area (Å²) in [5, 5.41) is 4.99. The third-order valence-corrected chi connectivity index (χ3v) is 2.84. The Balaban J connectivity index is 1.91. The third kappa shape index (κ3) is 3.18. The molecular weight excluding hydrogens is 224 g/mol. The zero-order chi connectivity index (χ0) is 11.4. The number of nitrogens with zero attached hydrogens (tertiary/aromatic N) is 3. The lowest BCUT2D eigenvalue weighted by Crippen LogP contribution is -2.30. The van der Waals surface area contributed by atoms with Crippen LogP contribution in [0.25, 0.3) is 0 Å². The van der Waals surface area contributed by atoms with E-state index in [9.17, 15) is 0 Å². The number of anilines is 1. The van der Waals surface area contributed by atoms with Gasteiger partial charge in [-0.2, -0.15) is 5.10 Å². The molecule has 16 heavy (non-hydrogen) atoms. The lowest BCUT2D eigenvalue weighted by atomic mass is 10.1. The first-order chi connectivity index (χ1) is 7.74. The molecule has 4 nitrogen and oxygen atoms in total. The van der Waals surface area contributed by atoms with Crippen molar-refractivity contribution >= 4 is 23.1 Å². The van der Waals surface area contributed by atoms with Crippen LogP contribution >= 0.6 is 11.6 Å². The van der Waals surface area contributed by atoms with Crippen LogP contribution in [-0.2, 0) is 0 Å². The second kappa shape index (κ2) is 5.27. The van der Waals surface area contributed by atoms with Gasteiger partial charge in [0, 0.05) is 37.8 Å². The number of likely N-dealkylation sites (tertiary alicyclic amines) is 1. The molecule has 1 fully saturated rings. The summed E-state index contributed by atoms with van der Waals surface area (Å²) in [6, 6.07) is 3.62. The highest BCUT2D eigenvalue weighted by atomic mass is 35.5. The molecule has 0 unspecified atom stereocenters. The molecule has 1 aromatic heterocycles. The molecule has 0 amide bonds. The second-order valence-corrected chi connectivity index (χ2v) is 4.39. The molecule has 2 heterocycles. The largest absolute Gasteiger partial charge is 0.306 e. The van der Waals surface area contributed by atoms with Gasteiger partial charge in [0.05, 0.1) is 5.02 Å². The monoisotopic (exact) mass is 238 g/mol. The van der Waals surface area contributed by atoms with E-state index in [1.165, 1.54) is 5.71 Å². The molecule has 0 radical (unpaired) electrons. The highest BCUT2D eigenvalue weighted by molar-refractivity contribution is 6.30. The van der Waals surface area contributed by atoms with Crippen molar-refractivity contribution in [2.24, 2.45) is 5.10 Å². The summed E-state index contributed by atoms with van der Waals surface area (Å²) in [6.45, 7) is 2.16. The lowest BCUT2D eigenvalue weighted by Gasteiger charge is -2.22. The number of piperidine rings is 1. The first kappa shape index (κ1) is 11.4. The average molecular weight is 239 g/mol. The van der Waals surface area contributed by atoms with Crippen LogP contribution in [0.15, 0.2) is 23.4 Å². The number of halogens is 1. The van der Waals surface area contributed by atoms with Crippen molar-refractivity contribution in [3.05, 3.63) is 23.4 Å². The molecule has 1 aliphatic rings. The van der Waals surface area contributed by atoms with Crippen LogP contribution in [0.2, 0.25) is 5.02 Å². The van der Waals surface area contributed by atoms with Gasteiger partial charge in [0.15, 0.2) is 0 Å². The zero-order valence-corrected chi connectivity index (χ0v) is 10.0.